The number of piperidine rings is 1. The Hall–Kier alpha value is -2.38. The number of nitro benzene ring substituents is 1. The maximum absolute atomic E-state index is 14.8. The van der Waals surface area contributed by atoms with Gasteiger partial charge in [-0.1, -0.05) is 13.3 Å². The Labute approximate surface area is 171 Å². The van der Waals surface area contributed by atoms with Gasteiger partial charge in [-0.2, -0.15) is 0 Å². The third-order valence-electron chi connectivity index (χ3n) is 6.07. The first-order valence-corrected chi connectivity index (χ1v) is 10.7. The number of halogens is 1. The number of nitro groups is 1. The van der Waals surface area contributed by atoms with Gasteiger partial charge in [-0.25, -0.2) is 4.39 Å². The molecule has 3 rings (SSSR count). The topological polar surface area (TPSA) is 69.9 Å². The second-order valence-electron chi connectivity index (χ2n) is 8.06. The van der Waals surface area contributed by atoms with Crippen molar-refractivity contribution in [1.82, 2.24) is 4.90 Å². The van der Waals surface area contributed by atoms with E-state index in [9.17, 15) is 19.3 Å². The zero-order valence-electron chi connectivity index (χ0n) is 17.4. The molecule has 0 saturated carbocycles. The van der Waals surface area contributed by atoms with Gasteiger partial charge in [0.25, 0.3) is 5.69 Å². The van der Waals surface area contributed by atoms with Crippen molar-refractivity contribution in [2.75, 3.05) is 42.5 Å². The number of rotatable bonds is 6. The second kappa shape index (κ2) is 9.41. The van der Waals surface area contributed by atoms with Gasteiger partial charge in [-0.15, -0.1) is 0 Å². The number of unbranched alkanes of at least 4 members (excludes halogenated alkanes) is 1. The van der Waals surface area contributed by atoms with Gasteiger partial charge in [0.2, 0.25) is 5.91 Å². The normalized spacial score (nSPS) is 20.1. The van der Waals surface area contributed by atoms with Crippen LogP contribution in [0.15, 0.2) is 12.1 Å². The smallest absolute Gasteiger partial charge is 0.295 e. The summed E-state index contributed by atoms with van der Waals surface area (Å²) < 4.78 is 14.8. The highest BCUT2D eigenvalue weighted by Gasteiger charge is 2.30. The lowest BCUT2D eigenvalue weighted by Gasteiger charge is -2.38. The van der Waals surface area contributed by atoms with Gasteiger partial charge in [0.1, 0.15) is 5.69 Å². The first-order valence-electron chi connectivity index (χ1n) is 10.7. The number of anilines is 2. The molecule has 0 N–H and O–H groups in total. The summed E-state index contributed by atoms with van der Waals surface area (Å²) in [4.78, 5) is 29.1. The summed E-state index contributed by atoms with van der Waals surface area (Å²) in [7, 11) is 0. The number of carbonyl (C=O) groups is 1. The lowest BCUT2D eigenvalue weighted by Crippen LogP contribution is -2.49. The van der Waals surface area contributed by atoms with Crippen LogP contribution in [0.2, 0.25) is 0 Å². The van der Waals surface area contributed by atoms with Crippen molar-refractivity contribution in [2.24, 2.45) is 0 Å². The standard InChI is InChI=1S/C21H31FN4O3/c1-3-4-8-21(27)24-12-10-23(11-13-24)19-15-18(17(22)14-20(19)26(28)29)25-9-6-5-7-16(25)2/h14-16H,3-13H2,1-2H3/t16-/m1/s1. The molecule has 1 amide bonds. The van der Waals surface area contributed by atoms with Crippen LogP contribution in [-0.4, -0.2) is 54.5 Å². The van der Waals surface area contributed by atoms with Gasteiger partial charge in [-0.05, 0) is 38.7 Å². The molecular formula is C21H31FN4O3. The predicted octanol–water partition coefficient (Wildman–Crippen LogP) is 3.95. The molecule has 0 radical (unpaired) electrons. The minimum atomic E-state index is -0.539. The van der Waals surface area contributed by atoms with E-state index in [0.29, 0.717) is 44.0 Å². The molecule has 2 heterocycles. The highest BCUT2D eigenvalue weighted by atomic mass is 19.1. The molecule has 0 aliphatic carbocycles. The van der Waals surface area contributed by atoms with Crippen LogP contribution in [0.4, 0.5) is 21.5 Å². The summed E-state index contributed by atoms with van der Waals surface area (Å²) in [6.45, 7) is 6.98. The monoisotopic (exact) mass is 406 g/mol. The summed E-state index contributed by atoms with van der Waals surface area (Å²) in [6.07, 6.45) is 5.50. The second-order valence-corrected chi connectivity index (χ2v) is 8.06. The van der Waals surface area contributed by atoms with Crippen LogP contribution in [0, 0.1) is 15.9 Å². The van der Waals surface area contributed by atoms with E-state index in [0.717, 1.165) is 44.7 Å². The van der Waals surface area contributed by atoms with Gasteiger partial charge in [0.05, 0.1) is 16.7 Å². The van der Waals surface area contributed by atoms with Crippen molar-refractivity contribution < 1.29 is 14.1 Å². The highest BCUT2D eigenvalue weighted by Crippen LogP contribution is 2.37. The van der Waals surface area contributed by atoms with E-state index < -0.39 is 10.7 Å². The molecule has 1 aromatic carbocycles. The zero-order chi connectivity index (χ0) is 21.0. The number of hydrogen-bond donors (Lipinski definition) is 0. The van der Waals surface area contributed by atoms with Crippen LogP contribution in [0.5, 0.6) is 0 Å². The van der Waals surface area contributed by atoms with Gasteiger partial charge < -0.3 is 14.7 Å². The number of benzene rings is 1. The molecule has 1 aromatic rings. The summed E-state index contributed by atoms with van der Waals surface area (Å²) in [5, 5.41) is 11.6. The Morgan fingerprint density at radius 2 is 1.90 bits per heavy atom. The Balaban J connectivity index is 1.81. The molecule has 2 aliphatic rings. The molecule has 160 valence electrons. The van der Waals surface area contributed by atoms with E-state index in [1.54, 1.807) is 6.07 Å². The van der Waals surface area contributed by atoms with Crippen LogP contribution in [-0.2, 0) is 4.79 Å². The largest absolute Gasteiger partial charge is 0.366 e. The van der Waals surface area contributed by atoms with Gasteiger partial charge in [0, 0.05) is 45.2 Å². The number of carbonyl (C=O) groups excluding carboxylic acids is 1. The van der Waals surface area contributed by atoms with Crippen molar-refractivity contribution in [2.45, 2.75) is 58.4 Å². The fraction of sp³-hybridized carbons (Fsp3) is 0.667. The van der Waals surface area contributed by atoms with Gasteiger partial charge in [0.15, 0.2) is 5.82 Å². The van der Waals surface area contributed by atoms with Crippen molar-refractivity contribution in [3.05, 3.63) is 28.1 Å². The SMILES string of the molecule is CCCCC(=O)N1CCN(c2cc(N3CCCC[C@H]3C)c(F)cc2[N+](=O)[O-])CC1. The Morgan fingerprint density at radius 3 is 2.52 bits per heavy atom. The number of piperazine rings is 1. The van der Waals surface area contributed by atoms with E-state index in [4.69, 9.17) is 0 Å². The third-order valence-corrected chi connectivity index (χ3v) is 6.07. The predicted molar refractivity (Wildman–Crippen MR) is 112 cm³/mol. The summed E-state index contributed by atoms with van der Waals surface area (Å²) in [6, 6.07) is 2.91. The summed E-state index contributed by atoms with van der Waals surface area (Å²) in [5.74, 6) is -0.398. The van der Waals surface area contributed by atoms with Crippen molar-refractivity contribution in [3.63, 3.8) is 0 Å². The molecule has 7 nitrogen and oxygen atoms in total. The van der Waals surface area contributed by atoms with Crippen LogP contribution < -0.4 is 9.80 Å². The Kier molecular flexibility index (Phi) is 6.92. The molecule has 29 heavy (non-hydrogen) atoms. The van der Waals surface area contributed by atoms with E-state index in [1.165, 1.54) is 0 Å². The highest BCUT2D eigenvalue weighted by molar-refractivity contribution is 5.77. The quantitative estimate of drug-likeness (QED) is 0.528. The molecular weight excluding hydrogens is 375 g/mol. The van der Waals surface area contributed by atoms with Gasteiger partial charge >= 0.3 is 0 Å². The van der Waals surface area contributed by atoms with Gasteiger partial charge in [-0.3, -0.25) is 14.9 Å². The van der Waals surface area contributed by atoms with Crippen LogP contribution in [0.25, 0.3) is 0 Å². The van der Waals surface area contributed by atoms with Crippen LogP contribution >= 0.6 is 0 Å². The molecule has 2 fully saturated rings. The first-order chi connectivity index (χ1) is 13.9. The molecule has 2 aliphatic heterocycles. The molecule has 2 saturated heterocycles. The lowest BCUT2D eigenvalue weighted by atomic mass is 10.0. The average molecular weight is 407 g/mol. The molecule has 1 atom stereocenters. The van der Waals surface area contributed by atoms with Crippen molar-refractivity contribution >= 4 is 23.0 Å². The Bertz CT molecular complexity index is 750. The number of nitrogens with zero attached hydrogens (tertiary/aromatic N) is 4. The fourth-order valence-electron chi connectivity index (χ4n) is 4.30. The first kappa shape index (κ1) is 21.3. The van der Waals surface area contributed by atoms with E-state index in [1.807, 2.05) is 14.7 Å². The molecule has 8 heteroatoms. The summed E-state index contributed by atoms with van der Waals surface area (Å²) in [5.41, 5.74) is 0.686. The Morgan fingerprint density at radius 1 is 1.17 bits per heavy atom. The number of amides is 1. The van der Waals surface area contributed by atoms with Crippen molar-refractivity contribution in [3.8, 4) is 0 Å². The lowest BCUT2D eigenvalue weighted by molar-refractivity contribution is -0.384. The van der Waals surface area contributed by atoms with E-state index >= 15 is 0 Å². The maximum Gasteiger partial charge on any atom is 0.295 e. The minimum Gasteiger partial charge on any atom is -0.366 e. The minimum absolute atomic E-state index is 0.142. The number of hydrogen-bond acceptors (Lipinski definition) is 5. The fourth-order valence-corrected chi connectivity index (χ4v) is 4.30. The van der Waals surface area contributed by atoms with E-state index in [-0.39, 0.29) is 17.6 Å². The summed E-state index contributed by atoms with van der Waals surface area (Å²) >= 11 is 0. The maximum atomic E-state index is 14.8. The van der Waals surface area contributed by atoms with Crippen LogP contribution in [0.3, 0.4) is 0 Å². The van der Waals surface area contributed by atoms with Crippen molar-refractivity contribution in [1.29, 1.82) is 0 Å². The van der Waals surface area contributed by atoms with Crippen LogP contribution in [0.1, 0.15) is 52.4 Å². The van der Waals surface area contributed by atoms with E-state index in [2.05, 4.69) is 13.8 Å². The third kappa shape index (κ3) is 4.79. The molecule has 0 bridgehead atoms. The average Bonchev–Trinajstić information content (AvgIpc) is 2.72. The molecule has 0 unspecified atom stereocenters. The zero-order valence-corrected chi connectivity index (χ0v) is 17.4. The molecule has 0 spiro atoms. The molecule has 0 aromatic heterocycles.